The summed E-state index contributed by atoms with van der Waals surface area (Å²) in [5, 5.41) is 7.21. The fourth-order valence-corrected chi connectivity index (χ4v) is 3.24. The zero-order chi connectivity index (χ0) is 23.2. The number of rotatable bonds is 7. The molecular formula is C24H23N3O6. The largest absolute Gasteiger partial charge is 0.497 e. The maximum absolute atomic E-state index is 12.6. The number of aryl methyl sites for hydroxylation is 1. The standard InChI is InChI=1S/C24H23N3O6/c1-27-20(14-19(26-27)18-12-16(29-2)6-8-21(18)30-3)24(28)25-10-4-5-11-31-17-7-9-22-23(13-17)33-15-32-22/h6-9,12-14H,10-11,15H2,1-3H3,(H,25,28). The van der Waals surface area contributed by atoms with Gasteiger partial charge in [0.05, 0.1) is 26.5 Å². The average molecular weight is 449 g/mol. The summed E-state index contributed by atoms with van der Waals surface area (Å²) in [6.45, 7) is 0.566. The molecule has 33 heavy (non-hydrogen) atoms. The van der Waals surface area contributed by atoms with Gasteiger partial charge >= 0.3 is 0 Å². The van der Waals surface area contributed by atoms with E-state index in [9.17, 15) is 4.79 Å². The lowest BCUT2D eigenvalue weighted by molar-refractivity contribution is 0.0949. The Kier molecular flexibility index (Phi) is 6.55. The number of amides is 1. The maximum Gasteiger partial charge on any atom is 0.270 e. The number of carbonyl (C=O) groups excluding carboxylic acids is 1. The number of methoxy groups -OCH3 is 2. The van der Waals surface area contributed by atoms with E-state index in [-0.39, 0.29) is 25.9 Å². The Hall–Kier alpha value is -4.32. The highest BCUT2D eigenvalue weighted by Crippen LogP contribution is 2.35. The van der Waals surface area contributed by atoms with Crippen LogP contribution in [-0.2, 0) is 7.05 Å². The van der Waals surface area contributed by atoms with Gasteiger partial charge in [-0.1, -0.05) is 11.8 Å². The molecule has 0 atom stereocenters. The third kappa shape index (κ3) is 4.96. The fourth-order valence-electron chi connectivity index (χ4n) is 3.24. The Balaban J connectivity index is 1.33. The number of carbonyl (C=O) groups is 1. The molecule has 1 amide bonds. The van der Waals surface area contributed by atoms with Crippen molar-refractivity contribution in [3.8, 4) is 51.8 Å². The van der Waals surface area contributed by atoms with E-state index in [4.69, 9.17) is 23.7 Å². The number of fused-ring (bicyclic) bond motifs is 1. The van der Waals surface area contributed by atoms with E-state index in [2.05, 4.69) is 22.3 Å². The Morgan fingerprint density at radius 3 is 2.70 bits per heavy atom. The van der Waals surface area contributed by atoms with E-state index in [1.807, 2.05) is 6.07 Å². The van der Waals surface area contributed by atoms with Crippen LogP contribution in [0, 0.1) is 11.8 Å². The number of ether oxygens (including phenoxy) is 5. The van der Waals surface area contributed by atoms with Gasteiger partial charge in [-0.05, 0) is 36.4 Å². The van der Waals surface area contributed by atoms with Gasteiger partial charge in [-0.25, -0.2) is 0 Å². The number of nitrogens with zero attached hydrogens (tertiary/aromatic N) is 2. The number of aromatic nitrogens is 2. The lowest BCUT2D eigenvalue weighted by atomic mass is 10.1. The summed E-state index contributed by atoms with van der Waals surface area (Å²) in [6.07, 6.45) is 0. The van der Waals surface area contributed by atoms with Crippen LogP contribution in [0.25, 0.3) is 11.3 Å². The SMILES string of the molecule is COc1ccc(OC)c(-c2cc(C(=O)NCC#CCOc3ccc4c(c3)OCO4)n(C)n2)c1. The number of benzene rings is 2. The summed E-state index contributed by atoms with van der Waals surface area (Å²) in [5.41, 5.74) is 1.72. The third-order valence-corrected chi connectivity index (χ3v) is 4.91. The highest BCUT2D eigenvalue weighted by Gasteiger charge is 2.17. The third-order valence-electron chi connectivity index (χ3n) is 4.91. The summed E-state index contributed by atoms with van der Waals surface area (Å²) in [5.74, 6) is 8.73. The van der Waals surface area contributed by atoms with Crippen LogP contribution < -0.4 is 29.0 Å². The van der Waals surface area contributed by atoms with Crippen molar-refractivity contribution in [2.75, 3.05) is 34.2 Å². The van der Waals surface area contributed by atoms with E-state index >= 15 is 0 Å². The van der Waals surface area contributed by atoms with Crippen LogP contribution >= 0.6 is 0 Å². The van der Waals surface area contributed by atoms with E-state index in [1.165, 1.54) is 4.68 Å². The van der Waals surface area contributed by atoms with Gasteiger partial charge in [-0.2, -0.15) is 5.10 Å². The first-order valence-corrected chi connectivity index (χ1v) is 10.1. The van der Waals surface area contributed by atoms with Crippen molar-refractivity contribution in [2.45, 2.75) is 0 Å². The van der Waals surface area contributed by atoms with Crippen LogP contribution in [0.4, 0.5) is 0 Å². The molecular weight excluding hydrogens is 426 g/mol. The van der Waals surface area contributed by atoms with E-state index in [1.54, 1.807) is 57.7 Å². The molecule has 1 aliphatic heterocycles. The second-order valence-corrected chi connectivity index (χ2v) is 6.94. The van der Waals surface area contributed by atoms with Crippen molar-refractivity contribution in [3.63, 3.8) is 0 Å². The van der Waals surface area contributed by atoms with Gasteiger partial charge in [0.2, 0.25) is 6.79 Å². The van der Waals surface area contributed by atoms with E-state index in [0.717, 1.165) is 5.56 Å². The molecule has 1 aliphatic rings. The lowest BCUT2D eigenvalue weighted by Gasteiger charge is -2.08. The van der Waals surface area contributed by atoms with Gasteiger partial charge in [-0.15, -0.1) is 0 Å². The second kappa shape index (κ2) is 9.87. The molecule has 170 valence electrons. The van der Waals surface area contributed by atoms with Crippen LogP contribution in [0.15, 0.2) is 42.5 Å². The first-order chi connectivity index (χ1) is 16.1. The Morgan fingerprint density at radius 2 is 1.88 bits per heavy atom. The summed E-state index contributed by atoms with van der Waals surface area (Å²) in [4.78, 5) is 12.6. The first-order valence-electron chi connectivity index (χ1n) is 10.1. The molecule has 0 saturated heterocycles. The van der Waals surface area contributed by atoms with Crippen LogP contribution in [0.3, 0.4) is 0 Å². The highest BCUT2D eigenvalue weighted by molar-refractivity contribution is 5.94. The normalized spacial score (nSPS) is 11.4. The van der Waals surface area contributed by atoms with Crippen molar-refractivity contribution in [1.29, 1.82) is 0 Å². The van der Waals surface area contributed by atoms with Gasteiger partial charge in [0.1, 0.15) is 29.5 Å². The zero-order valence-electron chi connectivity index (χ0n) is 18.5. The van der Waals surface area contributed by atoms with Gasteiger partial charge in [0.25, 0.3) is 5.91 Å². The monoisotopic (exact) mass is 449 g/mol. The molecule has 0 saturated carbocycles. The predicted octanol–water partition coefficient (Wildman–Crippen LogP) is 2.65. The fraction of sp³-hybridized carbons (Fsp3) is 0.250. The van der Waals surface area contributed by atoms with Gasteiger partial charge in [0.15, 0.2) is 11.5 Å². The van der Waals surface area contributed by atoms with Crippen molar-refractivity contribution in [2.24, 2.45) is 7.05 Å². The molecule has 1 N–H and O–H groups in total. The topological polar surface area (TPSA) is 93.1 Å². The van der Waals surface area contributed by atoms with E-state index < -0.39 is 0 Å². The smallest absolute Gasteiger partial charge is 0.270 e. The lowest BCUT2D eigenvalue weighted by Crippen LogP contribution is -2.25. The average Bonchev–Trinajstić information content (AvgIpc) is 3.46. The molecule has 2 aromatic carbocycles. The molecule has 9 heteroatoms. The molecule has 0 fully saturated rings. The van der Waals surface area contributed by atoms with Crippen molar-refractivity contribution >= 4 is 5.91 Å². The maximum atomic E-state index is 12.6. The van der Waals surface area contributed by atoms with Crippen LogP contribution in [0.2, 0.25) is 0 Å². The minimum atomic E-state index is -0.288. The summed E-state index contributed by atoms with van der Waals surface area (Å²) >= 11 is 0. The summed E-state index contributed by atoms with van der Waals surface area (Å²) in [7, 11) is 4.87. The Bertz CT molecular complexity index is 1220. The van der Waals surface area contributed by atoms with E-state index in [0.29, 0.717) is 40.1 Å². The zero-order valence-corrected chi connectivity index (χ0v) is 18.5. The molecule has 2 heterocycles. The minimum absolute atomic E-state index is 0.173. The quantitative estimate of drug-likeness (QED) is 0.555. The van der Waals surface area contributed by atoms with Crippen molar-refractivity contribution in [3.05, 3.63) is 48.2 Å². The number of hydrogen-bond acceptors (Lipinski definition) is 7. The van der Waals surface area contributed by atoms with Crippen molar-refractivity contribution < 1.29 is 28.5 Å². The molecule has 0 bridgehead atoms. The second-order valence-electron chi connectivity index (χ2n) is 6.94. The molecule has 4 rings (SSSR count). The predicted molar refractivity (Wildman–Crippen MR) is 120 cm³/mol. The summed E-state index contributed by atoms with van der Waals surface area (Å²) in [6, 6.07) is 12.4. The molecule has 1 aromatic heterocycles. The van der Waals surface area contributed by atoms with Crippen LogP contribution in [-0.4, -0.2) is 49.9 Å². The highest BCUT2D eigenvalue weighted by atomic mass is 16.7. The molecule has 0 aliphatic carbocycles. The number of hydrogen-bond donors (Lipinski definition) is 1. The first kappa shape index (κ1) is 21.9. The van der Waals surface area contributed by atoms with Crippen molar-refractivity contribution in [1.82, 2.24) is 15.1 Å². The molecule has 0 unspecified atom stereocenters. The van der Waals surface area contributed by atoms with Gasteiger partial charge in [0, 0.05) is 18.7 Å². The molecule has 3 aromatic rings. The molecule has 0 radical (unpaired) electrons. The van der Waals surface area contributed by atoms with Crippen LogP contribution in [0.1, 0.15) is 10.5 Å². The van der Waals surface area contributed by atoms with Gasteiger partial charge < -0.3 is 29.0 Å². The molecule has 0 spiro atoms. The van der Waals surface area contributed by atoms with Crippen LogP contribution in [0.5, 0.6) is 28.7 Å². The molecule has 9 nitrogen and oxygen atoms in total. The number of nitrogens with one attached hydrogen (secondary N) is 1. The Morgan fingerprint density at radius 1 is 1.06 bits per heavy atom. The van der Waals surface area contributed by atoms with Gasteiger partial charge in [-0.3, -0.25) is 9.48 Å². The summed E-state index contributed by atoms with van der Waals surface area (Å²) < 4.78 is 28.4. The Labute approximate surface area is 191 Å². The minimum Gasteiger partial charge on any atom is -0.497 e.